The Morgan fingerprint density at radius 2 is 1.68 bits per heavy atom. The maximum Gasteiger partial charge on any atom is 0.417 e. The van der Waals surface area contributed by atoms with Gasteiger partial charge in [0.05, 0.1) is 17.1 Å². The van der Waals surface area contributed by atoms with Crippen LogP contribution in [0, 0.1) is 6.92 Å². The van der Waals surface area contributed by atoms with E-state index in [1.54, 1.807) is 13.2 Å². The van der Waals surface area contributed by atoms with Crippen molar-refractivity contribution in [1.29, 1.82) is 0 Å². The third kappa shape index (κ3) is 5.33. The lowest BCUT2D eigenvalue weighted by atomic mass is 9.74. The summed E-state index contributed by atoms with van der Waals surface area (Å²) in [5.41, 5.74) is 2.88. The van der Waals surface area contributed by atoms with Crippen LogP contribution in [0.2, 0.25) is 5.02 Å². The molecule has 0 saturated carbocycles. The molecule has 10 heteroatoms. The highest BCUT2D eigenvalue weighted by Crippen LogP contribution is 2.43. The maximum absolute atomic E-state index is 13.7. The summed E-state index contributed by atoms with van der Waals surface area (Å²) in [6, 6.07) is 18.0. The van der Waals surface area contributed by atoms with E-state index in [0.29, 0.717) is 18.2 Å². The van der Waals surface area contributed by atoms with Crippen molar-refractivity contribution in [2.45, 2.75) is 36.0 Å². The smallest absolute Gasteiger partial charge is 0.383 e. The van der Waals surface area contributed by atoms with Gasteiger partial charge in [0.1, 0.15) is 0 Å². The minimum Gasteiger partial charge on any atom is -0.383 e. The van der Waals surface area contributed by atoms with Gasteiger partial charge in [-0.25, -0.2) is 8.42 Å². The Bertz CT molecular complexity index is 1510. The van der Waals surface area contributed by atoms with Gasteiger partial charge in [0.15, 0.2) is 0 Å². The van der Waals surface area contributed by atoms with Gasteiger partial charge in [-0.3, -0.25) is 4.90 Å². The molecule has 3 aromatic rings. The average molecular weight is 591 g/mol. The molecule has 2 heterocycles. The summed E-state index contributed by atoms with van der Waals surface area (Å²) in [6.45, 7) is 3.06. The predicted octanol–water partition coefficient (Wildman–Crippen LogP) is 6.38. The summed E-state index contributed by atoms with van der Waals surface area (Å²) in [5, 5.41) is 0.687. The molecule has 5 nitrogen and oxygen atoms in total. The molecule has 5 rings (SSSR count). The number of hydrogen-bond donors (Lipinski definition) is 0. The van der Waals surface area contributed by atoms with Crippen LogP contribution in [-0.4, -0.2) is 63.1 Å². The van der Waals surface area contributed by atoms with Crippen LogP contribution in [0.25, 0.3) is 11.1 Å². The number of hydrogen-bond acceptors (Lipinski definition) is 4. The summed E-state index contributed by atoms with van der Waals surface area (Å²) in [4.78, 5) is 1.44. The van der Waals surface area contributed by atoms with Crippen molar-refractivity contribution in [3.05, 3.63) is 101 Å². The highest BCUT2D eigenvalue weighted by atomic mass is 35.5. The van der Waals surface area contributed by atoms with E-state index < -0.39 is 26.7 Å². The molecule has 2 aliphatic rings. The van der Waals surface area contributed by atoms with E-state index in [1.807, 2.05) is 55.5 Å². The van der Waals surface area contributed by atoms with Gasteiger partial charge in [-0.05, 0) is 47.4 Å². The first-order valence-corrected chi connectivity index (χ1v) is 14.8. The zero-order chi connectivity index (χ0) is 28.7. The van der Waals surface area contributed by atoms with E-state index >= 15 is 0 Å². The van der Waals surface area contributed by atoms with Gasteiger partial charge in [-0.1, -0.05) is 72.3 Å². The molecule has 1 fully saturated rings. The minimum atomic E-state index is -4.79. The summed E-state index contributed by atoms with van der Waals surface area (Å²) in [5.74, 6) is -0.0727. The van der Waals surface area contributed by atoms with Crippen molar-refractivity contribution in [1.82, 2.24) is 9.21 Å². The highest BCUT2D eigenvalue weighted by molar-refractivity contribution is 7.89. The van der Waals surface area contributed by atoms with E-state index in [1.165, 1.54) is 12.1 Å². The molecule has 0 aliphatic carbocycles. The van der Waals surface area contributed by atoms with Crippen LogP contribution in [0.4, 0.5) is 13.2 Å². The molecule has 0 aromatic heterocycles. The largest absolute Gasteiger partial charge is 0.417 e. The number of ether oxygens (including phenoxy) is 1. The Morgan fingerprint density at radius 1 is 0.975 bits per heavy atom. The first kappa shape index (κ1) is 28.8. The number of alkyl halides is 3. The molecule has 0 spiro atoms. The molecule has 40 heavy (non-hydrogen) atoms. The van der Waals surface area contributed by atoms with Crippen molar-refractivity contribution in [3.63, 3.8) is 0 Å². The fourth-order valence-corrected chi connectivity index (χ4v) is 7.65. The second-order valence-electron chi connectivity index (χ2n) is 10.1. The van der Waals surface area contributed by atoms with E-state index in [-0.39, 0.29) is 31.1 Å². The first-order valence-electron chi connectivity index (χ1n) is 13.0. The molecular formula is C30H30ClF3N2O3S. The second-order valence-corrected chi connectivity index (χ2v) is 12.4. The van der Waals surface area contributed by atoms with Crippen LogP contribution in [0.1, 0.15) is 22.6 Å². The van der Waals surface area contributed by atoms with Crippen molar-refractivity contribution in [2.75, 3.05) is 33.4 Å². The van der Waals surface area contributed by atoms with E-state index in [9.17, 15) is 21.6 Å². The van der Waals surface area contributed by atoms with Crippen LogP contribution >= 0.6 is 11.6 Å². The van der Waals surface area contributed by atoms with Crippen molar-refractivity contribution < 1.29 is 26.3 Å². The minimum absolute atomic E-state index is 0.00644. The molecule has 0 radical (unpaired) electrons. The number of fused-ring (bicyclic) bond motifs is 1. The lowest BCUT2D eigenvalue weighted by Gasteiger charge is -2.56. The van der Waals surface area contributed by atoms with Gasteiger partial charge >= 0.3 is 6.18 Å². The number of methoxy groups -OCH3 is 1. The van der Waals surface area contributed by atoms with Crippen molar-refractivity contribution in [3.8, 4) is 11.1 Å². The summed E-state index contributed by atoms with van der Waals surface area (Å²) in [6.07, 6.45) is -1.22. The van der Waals surface area contributed by atoms with E-state index in [4.69, 9.17) is 16.3 Å². The monoisotopic (exact) mass is 590 g/mol. The normalized spacial score (nSPS) is 23.1. The number of halogens is 4. The van der Waals surface area contributed by atoms with Crippen molar-refractivity contribution >= 4 is 21.6 Å². The van der Waals surface area contributed by atoms with Gasteiger partial charge < -0.3 is 4.74 Å². The standard InChI is InChI=1S/C30H30ClF3N2O3S/c1-20-23(8-7-10-25(20)31)21-12-14-22(15-13-21)29-26-18-35(16-5-6-17-36(26)27(29)19-39-2)40(37,38)28-11-4-3-9-24(28)30(32,33)34/h3-15,26-27,29H,16-19H2,1-2H3/b6-5-/t26-,27+,29-/m0/s1. The molecule has 2 aliphatic heterocycles. The molecule has 0 unspecified atom stereocenters. The Labute approximate surface area is 237 Å². The third-order valence-corrected chi connectivity index (χ3v) is 10.2. The molecular weight excluding hydrogens is 561 g/mol. The Kier molecular flexibility index (Phi) is 8.14. The topological polar surface area (TPSA) is 49.9 Å². The van der Waals surface area contributed by atoms with E-state index in [2.05, 4.69) is 4.90 Å². The Balaban J connectivity index is 1.48. The van der Waals surface area contributed by atoms with Gasteiger partial charge in [0.25, 0.3) is 0 Å². The molecule has 3 atom stereocenters. The number of nitrogens with zero attached hydrogens (tertiary/aromatic N) is 2. The predicted molar refractivity (Wildman–Crippen MR) is 150 cm³/mol. The zero-order valence-corrected chi connectivity index (χ0v) is 23.7. The van der Waals surface area contributed by atoms with Crippen LogP contribution in [-0.2, 0) is 20.9 Å². The number of benzene rings is 3. The molecule has 3 aromatic carbocycles. The van der Waals surface area contributed by atoms with Gasteiger partial charge in [0.2, 0.25) is 10.0 Å². The molecule has 0 N–H and O–H groups in total. The number of sulfonamides is 1. The summed E-state index contributed by atoms with van der Waals surface area (Å²) < 4.78 is 75.2. The quantitative estimate of drug-likeness (QED) is 0.313. The van der Waals surface area contributed by atoms with E-state index in [0.717, 1.165) is 38.7 Å². The lowest BCUT2D eigenvalue weighted by molar-refractivity contribution is -0.139. The van der Waals surface area contributed by atoms with Gasteiger partial charge in [-0.2, -0.15) is 17.5 Å². The summed E-state index contributed by atoms with van der Waals surface area (Å²) in [7, 11) is -2.81. The highest BCUT2D eigenvalue weighted by Gasteiger charge is 2.50. The third-order valence-electron chi connectivity index (χ3n) is 7.89. The first-order chi connectivity index (χ1) is 19.0. The van der Waals surface area contributed by atoms with Gasteiger partial charge in [-0.15, -0.1) is 0 Å². The molecule has 1 saturated heterocycles. The second kappa shape index (κ2) is 11.3. The Morgan fingerprint density at radius 3 is 2.38 bits per heavy atom. The zero-order valence-electron chi connectivity index (χ0n) is 22.1. The molecule has 212 valence electrons. The molecule has 0 bridgehead atoms. The fourth-order valence-electron chi connectivity index (χ4n) is 5.85. The maximum atomic E-state index is 13.7. The average Bonchev–Trinajstić information content (AvgIpc) is 2.91. The summed E-state index contributed by atoms with van der Waals surface area (Å²) >= 11 is 6.32. The van der Waals surface area contributed by atoms with Crippen LogP contribution in [0.3, 0.4) is 0 Å². The SMILES string of the molecule is COC[C@@H]1[C@@H](c2ccc(-c3cccc(Cl)c3C)cc2)[C@@H]2CN(S(=O)(=O)c3ccccc3C(F)(F)F)C/C=C\CN12. The molecule has 0 amide bonds. The fraction of sp³-hybridized carbons (Fsp3) is 0.333. The van der Waals surface area contributed by atoms with Gasteiger partial charge in [0, 0.05) is 49.8 Å². The van der Waals surface area contributed by atoms with Crippen LogP contribution < -0.4 is 0 Å². The number of rotatable bonds is 6. The van der Waals surface area contributed by atoms with Crippen molar-refractivity contribution in [2.24, 2.45) is 0 Å². The lowest BCUT2D eigenvalue weighted by Crippen LogP contribution is -2.67. The Hall–Kier alpha value is -2.69. The van der Waals surface area contributed by atoms with Crippen LogP contribution in [0.5, 0.6) is 0 Å². The van der Waals surface area contributed by atoms with Crippen LogP contribution in [0.15, 0.2) is 83.8 Å².